The van der Waals surface area contributed by atoms with Crippen LogP contribution in [0.15, 0.2) is 36.5 Å². The molecule has 1 aliphatic carbocycles. The Morgan fingerprint density at radius 3 is 2.93 bits per heavy atom. The van der Waals surface area contributed by atoms with Gasteiger partial charge in [-0.1, -0.05) is 0 Å². The van der Waals surface area contributed by atoms with Crippen LogP contribution in [0.4, 0.5) is 10.1 Å². The predicted octanol–water partition coefficient (Wildman–Crippen LogP) is 3.08. The maximum Gasteiger partial charge on any atom is 0.270 e. The smallest absolute Gasteiger partial charge is 0.270 e. The summed E-state index contributed by atoms with van der Waals surface area (Å²) in [5, 5.41) is 12.2. The first-order chi connectivity index (χ1) is 14.0. The van der Waals surface area contributed by atoms with Crippen molar-refractivity contribution in [3.63, 3.8) is 0 Å². The molecule has 1 saturated carbocycles. The molecule has 1 saturated heterocycles. The van der Waals surface area contributed by atoms with E-state index in [2.05, 4.69) is 21.3 Å². The summed E-state index contributed by atoms with van der Waals surface area (Å²) in [6, 6.07) is 10.4. The van der Waals surface area contributed by atoms with Crippen LogP contribution >= 0.6 is 0 Å². The fourth-order valence-corrected chi connectivity index (χ4v) is 3.89. The Morgan fingerprint density at radius 2 is 2.24 bits per heavy atom. The van der Waals surface area contributed by atoms with Crippen LogP contribution in [0.2, 0.25) is 0 Å². The number of aromatic nitrogens is 1. The van der Waals surface area contributed by atoms with Crippen molar-refractivity contribution in [3.8, 4) is 11.8 Å². The molecule has 0 radical (unpaired) electrons. The number of nitrogens with zero attached hydrogens (tertiary/aromatic N) is 3. The molecule has 2 aromatic rings. The summed E-state index contributed by atoms with van der Waals surface area (Å²) in [7, 11) is 1.56. The summed E-state index contributed by atoms with van der Waals surface area (Å²) in [4.78, 5) is 19.2. The largest absolute Gasteiger partial charge is 0.496 e. The molecule has 4 rings (SSSR count). The first-order valence-electron chi connectivity index (χ1n) is 9.77. The fraction of sp³-hybridized carbons (Fsp3) is 0.409. The van der Waals surface area contributed by atoms with Gasteiger partial charge in [0.25, 0.3) is 5.91 Å². The predicted molar refractivity (Wildman–Crippen MR) is 106 cm³/mol. The third-order valence-electron chi connectivity index (χ3n) is 5.72. The molecule has 0 bridgehead atoms. The Balaban J connectivity index is 1.46. The SMILES string of the molecule is COc1ccc(F)cc1CC1(NC(=O)c2cc(N3CCC(C#N)C3)ccn2)CC1. The second-order valence-electron chi connectivity index (χ2n) is 7.83. The molecule has 2 fully saturated rings. The Morgan fingerprint density at radius 1 is 1.41 bits per heavy atom. The molecule has 1 unspecified atom stereocenters. The van der Waals surface area contributed by atoms with E-state index in [1.807, 2.05) is 6.07 Å². The van der Waals surface area contributed by atoms with E-state index < -0.39 is 5.54 Å². The highest BCUT2D eigenvalue weighted by molar-refractivity contribution is 5.94. The van der Waals surface area contributed by atoms with Gasteiger partial charge in [-0.05, 0) is 61.6 Å². The van der Waals surface area contributed by atoms with Crippen LogP contribution < -0.4 is 15.0 Å². The minimum Gasteiger partial charge on any atom is -0.496 e. The average molecular weight is 394 g/mol. The molecule has 6 nitrogen and oxygen atoms in total. The van der Waals surface area contributed by atoms with Crippen molar-refractivity contribution in [1.29, 1.82) is 5.26 Å². The van der Waals surface area contributed by atoms with Gasteiger partial charge in [-0.2, -0.15) is 5.26 Å². The highest BCUT2D eigenvalue weighted by Crippen LogP contribution is 2.41. The lowest BCUT2D eigenvalue weighted by molar-refractivity contribution is 0.0926. The summed E-state index contributed by atoms with van der Waals surface area (Å²) in [5.74, 6) is 0.0823. The Kier molecular flexibility index (Phi) is 5.10. The van der Waals surface area contributed by atoms with E-state index in [1.165, 1.54) is 12.1 Å². The average Bonchev–Trinajstić information content (AvgIpc) is 3.29. The molecular formula is C22H23FN4O2. The number of carbonyl (C=O) groups is 1. The molecule has 0 spiro atoms. The topological polar surface area (TPSA) is 78.2 Å². The number of hydrogen-bond acceptors (Lipinski definition) is 5. The van der Waals surface area contributed by atoms with Crippen LogP contribution in [-0.4, -0.2) is 36.6 Å². The Labute approximate surface area is 169 Å². The molecule has 1 aliphatic heterocycles. The number of carbonyl (C=O) groups excluding carboxylic acids is 1. The number of nitriles is 1. The lowest BCUT2D eigenvalue weighted by Crippen LogP contribution is -2.39. The lowest BCUT2D eigenvalue weighted by Gasteiger charge is -2.20. The van der Waals surface area contributed by atoms with Crippen molar-refractivity contribution in [2.24, 2.45) is 5.92 Å². The monoisotopic (exact) mass is 394 g/mol. The zero-order chi connectivity index (χ0) is 20.4. The molecule has 7 heteroatoms. The van der Waals surface area contributed by atoms with Gasteiger partial charge in [0, 0.05) is 30.5 Å². The highest BCUT2D eigenvalue weighted by Gasteiger charge is 2.45. The number of nitrogens with one attached hydrogen (secondary N) is 1. The molecule has 1 aromatic carbocycles. The van der Waals surface area contributed by atoms with Gasteiger partial charge in [0.15, 0.2) is 0 Å². The van der Waals surface area contributed by atoms with Gasteiger partial charge in [-0.3, -0.25) is 9.78 Å². The van der Waals surface area contributed by atoms with E-state index in [0.717, 1.165) is 37.1 Å². The van der Waals surface area contributed by atoms with Gasteiger partial charge in [-0.25, -0.2) is 4.39 Å². The first kappa shape index (κ1) is 19.2. The lowest BCUT2D eigenvalue weighted by atomic mass is 10.0. The molecule has 1 atom stereocenters. The molecule has 150 valence electrons. The van der Waals surface area contributed by atoms with E-state index in [0.29, 0.717) is 24.4 Å². The first-order valence-corrected chi connectivity index (χ1v) is 9.77. The standard InChI is InChI=1S/C22H23FN4O2/c1-29-20-3-2-17(23)10-16(20)12-22(6-7-22)26-21(28)19-11-18(4-8-25-19)27-9-5-15(13-24)14-27/h2-4,8,10-11,15H,5-7,9,12,14H2,1H3,(H,26,28). The van der Waals surface area contributed by atoms with E-state index >= 15 is 0 Å². The van der Waals surface area contributed by atoms with Crippen molar-refractivity contribution < 1.29 is 13.9 Å². The number of pyridine rings is 1. The van der Waals surface area contributed by atoms with Crippen molar-refractivity contribution in [1.82, 2.24) is 10.3 Å². The number of benzene rings is 1. The number of hydrogen-bond donors (Lipinski definition) is 1. The van der Waals surface area contributed by atoms with Crippen LogP contribution in [-0.2, 0) is 6.42 Å². The van der Waals surface area contributed by atoms with Crippen molar-refractivity contribution in [2.45, 2.75) is 31.2 Å². The van der Waals surface area contributed by atoms with Gasteiger partial charge in [0.2, 0.25) is 0 Å². The second-order valence-corrected chi connectivity index (χ2v) is 7.83. The van der Waals surface area contributed by atoms with Crippen LogP contribution in [0.1, 0.15) is 35.3 Å². The van der Waals surface area contributed by atoms with Crippen molar-refractivity contribution in [3.05, 3.63) is 53.6 Å². The summed E-state index contributed by atoms with van der Waals surface area (Å²) in [5.41, 5.74) is 1.60. The molecule has 2 aliphatic rings. The van der Waals surface area contributed by atoms with Crippen LogP contribution in [0.25, 0.3) is 0 Å². The van der Waals surface area contributed by atoms with E-state index in [9.17, 15) is 9.18 Å². The minimum absolute atomic E-state index is 0.0245. The third-order valence-corrected chi connectivity index (χ3v) is 5.72. The number of ether oxygens (including phenoxy) is 1. The fourth-order valence-electron chi connectivity index (χ4n) is 3.89. The van der Waals surface area contributed by atoms with Gasteiger partial charge in [0.05, 0.1) is 19.1 Å². The number of rotatable bonds is 6. The molecule has 2 heterocycles. The van der Waals surface area contributed by atoms with E-state index in [1.54, 1.807) is 25.4 Å². The number of methoxy groups -OCH3 is 1. The van der Waals surface area contributed by atoms with Gasteiger partial charge < -0.3 is 15.0 Å². The zero-order valence-electron chi connectivity index (χ0n) is 16.3. The molecule has 1 N–H and O–H groups in total. The van der Waals surface area contributed by atoms with Crippen LogP contribution in [0, 0.1) is 23.1 Å². The maximum absolute atomic E-state index is 13.7. The van der Waals surface area contributed by atoms with Gasteiger partial charge in [0.1, 0.15) is 17.3 Å². The van der Waals surface area contributed by atoms with Crippen molar-refractivity contribution >= 4 is 11.6 Å². The molecule has 1 amide bonds. The van der Waals surface area contributed by atoms with Crippen LogP contribution in [0.3, 0.4) is 0 Å². The zero-order valence-corrected chi connectivity index (χ0v) is 16.3. The van der Waals surface area contributed by atoms with Gasteiger partial charge in [-0.15, -0.1) is 0 Å². The van der Waals surface area contributed by atoms with E-state index in [-0.39, 0.29) is 17.6 Å². The minimum atomic E-state index is -0.393. The molecule has 1 aromatic heterocycles. The number of amides is 1. The molecule has 29 heavy (non-hydrogen) atoms. The van der Waals surface area contributed by atoms with E-state index in [4.69, 9.17) is 10.00 Å². The van der Waals surface area contributed by atoms with Gasteiger partial charge >= 0.3 is 0 Å². The Bertz CT molecular complexity index is 968. The van der Waals surface area contributed by atoms with Crippen LogP contribution in [0.5, 0.6) is 5.75 Å². The third kappa shape index (κ3) is 4.16. The second kappa shape index (κ2) is 7.70. The maximum atomic E-state index is 13.7. The molecular weight excluding hydrogens is 371 g/mol. The quantitative estimate of drug-likeness (QED) is 0.815. The summed E-state index contributed by atoms with van der Waals surface area (Å²) < 4.78 is 19.0. The summed E-state index contributed by atoms with van der Waals surface area (Å²) >= 11 is 0. The Hall–Kier alpha value is -3.14. The number of halogens is 1. The van der Waals surface area contributed by atoms with Crippen molar-refractivity contribution in [2.75, 3.05) is 25.1 Å². The number of anilines is 1. The normalized spacial score (nSPS) is 19.5. The summed E-state index contributed by atoms with van der Waals surface area (Å²) in [6.45, 7) is 1.47. The summed E-state index contributed by atoms with van der Waals surface area (Å²) in [6.07, 6.45) is 4.62. The highest BCUT2D eigenvalue weighted by atomic mass is 19.1.